The number of hydrogen-bond donors (Lipinski definition) is 0. The van der Waals surface area contributed by atoms with E-state index in [9.17, 15) is 0 Å². The summed E-state index contributed by atoms with van der Waals surface area (Å²) in [7, 11) is 0. The van der Waals surface area contributed by atoms with Gasteiger partial charge in [-0.2, -0.15) is 0 Å². The molecule has 2 saturated heterocycles. The van der Waals surface area contributed by atoms with E-state index >= 15 is 0 Å². The summed E-state index contributed by atoms with van der Waals surface area (Å²) >= 11 is 0. The molecule has 2 aromatic rings. The maximum absolute atomic E-state index is 6.11. The summed E-state index contributed by atoms with van der Waals surface area (Å²) in [6.07, 6.45) is 13.9. The molecule has 0 bridgehead atoms. The molecule has 0 aromatic carbocycles. The lowest BCUT2D eigenvalue weighted by molar-refractivity contribution is 0.0629. The maximum atomic E-state index is 6.11. The van der Waals surface area contributed by atoms with E-state index in [1.54, 1.807) is 12.4 Å². The van der Waals surface area contributed by atoms with Crippen molar-refractivity contribution in [3.8, 4) is 0 Å². The smallest absolute Gasteiger partial charge is 0.0637 e. The van der Waals surface area contributed by atoms with Gasteiger partial charge in [0.2, 0.25) is 0 Å². The molecule has 0 N–H and O–H groups in total. The number of rotatable bonds is 4. The molecule has 126 valence electrons. The third kappa shape index (κ3) is 3.62. The van der Waals surface area contributed by atoms with E-state index in [4.69, 9.17) is 4.74 Å². The Hall–Kier alpha value is -1.85. The molecule has 2 aliphatic rings. The predicted molar refractivity (Wildman–Crippen MR) is 91.3 cm³/mol. The van der Waals surface area contributed by atoms with Crippen LogP contribution in [0.2, 0.25) is 0 Å². The molecule has 4 heterocycles. The second kappa shape index (κ2) is 6.95. The van der Waals surface area contributed by atoms with Crippen LogP contribution < -0.4 is 0 Å². The van der Waals surface area contributed by atoms with E-state index in [0.717, 1.165) is 44.8 Å². The van der Waals surface area contributed by atoms with Gasteiger partial charge in [0, 0.05) is 43.9 Å². The highest BCUT2D eigenvalue weighted by Crippen LogP contribution is 2.42. The van der Waals surface area contributed by atoms with Crippen molar-refractivity contribution in [3.05, 3.63) is 54.4 Å². The summed E-state index contributed by atoms with van der Waals surface area (Å²) in [5, 5.41) is 0. The fourth-order valence-corrected chi connectivity index (χ4v) is 3.98. The zero-order valence-electron chi connectivity index (χ0n) is 14.0. The molecule has 5 heteroatoms. The van der Waals surface area contributed by atoms with Gasteiger partial charge in [0.1, 0.15) is 0 Å². The Bertz CT molecular complexity index is 641. The molecule has 1 spiro atoms. The zero-order valence-corrected chi connectivity index (χ0v) is 14.0. The SMILES string of the molecule is c1cncc(CN2CCC3(CC2)CO[C@@H](Cc2cnccn2)C3)c1. The highest BCUT2D eigenvalue weighted by atomic mass is 16.5. The van der Waals surface area contributed by atoms with Gasteiger partial charge in [-0.25, -0.2) is 0 Å². The van der Waals surface area contributed by atoms with Crippen molar-refractivity contribution in [3.63, 3.8) is 0 Å². The van der Waals surface area contributed by atoms with Crippen molar-refractivity contribution >= 4 is 0 Å². The van der Waals surface area contributed by atoms with Crippen LogP contribution in [0.15, 0.2) is 43.1 Å². The average Bonchev–Trinajstić information content (AvgIpc) is 3.01. The minimum atomic E-state index is 0.298. The standard InChI is InChI=1S/C19H24N4O/c1-2-16(12-20-5-1)14-23-8-3-19(4-9-23)11-18(24-15-19)10-17-13-21-6-7-22-17/h1-2,5-7,12-13,18H,3-4,8-11,14-15H2/t18-/m0/s1. The Kier molecular flexibility index (Phi) is 4.54. The number of nitrogens with zero attached hydrogens (tertiary/aromatic N) is 4. The van der Waals surface area contributed by atoms with E-state index < -0.39 is 0 Å². The first kappa shape index (κ1) is 15.7. The average molecular weight is 324 g/mol. The van der Waals surface area contributed by atoms with Crippen LogP contribution in [0, 0.1) is 5.41 Å². The molecule has 0 aliphatic carbocycles. The summed E-state index contributed by atoms with van der Waals surface area (Å²) in [5.74, 6) is 0. The number of likely N-dealkylation sites (tertiary alicyclic amines) is 1. The van der Waals surface area contributed by atoms with E-state index in [1.165, 1.54) is 18.4 Å². The molecule has 5 nitrogen and oxygen atoms in total. The Labute approximate surface area is 143 Å². The van der Waals surface area contributed by atoms with E-state index in [2.05, 4.69) is 25.9 Å². The number of piperidine rings is 1. The zero-order chi connectivity index (χ0) is 16.2. The quantitative estimate of drug-likeness (QED) is 0.865. The molecule has 1 atom stereocenters. The second-order valence-corrected chi connectivity index (χ2v) is 7.18. The Morgan fingerprint density at radius 3 is 2.75 bits per heavy atom. The predicted octanol–water partition coefficient (Wildman–Crippen LogP) is 2.49. The molecule has 24 heavy (non-hydrogen) atoms. The number of ether oxygens (including phenoxy) is 1. The monoisotopic (exact) mass is 324 g/mol. The summed E-state index contributed by atoms with van der Waals surface area (Å²) in [4.78, 5) is 15.3. The molecule has 0 amide bonds. The fraction of sp³-hybridized carbons (Fsp3) is 0.526. The van der Waals surface area contributed by atoms with Crippen LogP contribution in [-0.4, -0.2) is 45.7 Å². The van der Waals surface area contributed by atoms with Crippen LogP contribution in [0.5, 0.6) is 0 Å². The highest BCUT2D eigenvalue weighted by molar-refractivity contribution is 5.08. The Morgan fingerprint density at radius 1 is 1.12 bits per heavy atom. The Morgan fingerprint density at radius 2 is 2.00 bits per heavy atom. The van der Waals surface area contributed by atoms with Crippen LogP contribution in [0.1, 0.15) is 30.5 Å². The van der Waals surface area contributed by atoms with Crippen molar-refractivity contribution in [1.82, 2.24) is 19.9 Å². The van der Waals surface area contributed by atoms with E-state index in [0.29, 0.717) is 11.5 Å². The summed E-state index contributed by atoms with van der Waals surface area (Å²) in [6, 6.07) is 4.18. The van der Waals surface area contributed by atoms with Crippen molar-refractivity contribution in [2.45, 2.75) is 38.3 Å². The Balaban J connectivity index is 1.29. The molecule has 0 unspecified atom stereocenters. The van der Waals surface area contributed by atoms with E-state index in [1.807, 2.05) is 24.7 Å². The third-order valence-electron chi connectivity index (χ3n) is 5.39. The molecule has 0 saturated carbocycles. The normalized spacial score (nSPS) is 23.6. The van der Waals surface area contributed by atoms with Crippen molar-refractivity contribution in [2.24, 2.45) is 5.41 Å². The van der Waals surface area contributed by atoms with Gasteiger partial charge in [0.25, 0.3) is 0 Å². The van der Waals surface area contributed by atoms with Gasteiger partial charge >= 0.3 is 0 Å². The molecular weight excluding hydrogens is 300 g/mol. The maximum Gasteiger partial charge on any atom is 0.0637 e. The first-order valence-electron chi connectivity index (χ1n) is 8.79. The van der Waals surface area contributed by atoms with Crippen LogP contribution in [-0.2, 0) is 17.7 Å². The molecule has 0 radical (unpaired) electrons. The first-order chi connectivity index (χ1) is 11.8. The van der Waals surface area contributed by atoms with Crippen LogP contribution in [0.4, 0.5) is 0 Å². The summed E-state index contributed by atoms with van der Waals surface area (Å²) in [5.41, 5.74) is 2.71. The van der Waals surface area contributed by atoms with Crippen molar-refractivity contribution in [2.75, 3.05) is 19.7 Å². The van der Waals surface area contributed by atoms with Gasteiger partial charge in [-0.15, -0.1) is 0 Å². The van der Waals surface area contributed by atoms with E-state index in [-0.39, 0.29) is 0 Å². The molecule has 2 fully saturated rings. The number of pyridine rings is 1. The number of hydrogen-bond acceptors (Lipinski definition) is 5. The van der Waals surface area contributed by atoms with Gasteiger partial charge in [-0.3, -0.25) is 19.9 Å². The highest BCUT2D eigenvalue weighted by Gasteiger charge is 2.42. The molecule has 2 aliphatic heterocycles. The third-order valence-corrected chi connectivity index (χ3v) is 5.39. The van der Waals surface area contributed by atoms with Gasteiger partial charge in [-0.05, 0) is 49.4 Å². The molecular formula is C19H24N4O. The van der Waals surface area contributed by atoms with Crippen LogP contribution in [0.25, 0.3) is 0 Å². The molecule has 4 rings (SSSR count). The summed E-state index contributed by atoms with van der Waals surface area (Å²) < 4.78 is 6.11. The van der Waals surface area contributed by atoms with Crippen LogP contribution in [0.3, 0.4) is 0 Å². The molecule has 2 aromatic heterocycles. The number of aromatic nitrogens is 3. The minimum Gasteiger partial charge on any atom is -0.377 e. The van der Waals surface area contributed by atoms with Gasteiger partial charge < -0.3 is 4.74 Å². The lowest BCUT2D eigenvalue weighted by atomic mass is 9.76. The fourth-order valence-electron chi connectivity index (χ4n) is 3.98. The largest absolute Gasteiger partial charge is 0.377 e. The van der Waals surface area contributed by atoms with Crippen LogP contribution >= 0.6 is 0 Å². The lowest BCUT2D eigenvalue weighted by Gasteiger charge is -2.38. The second-order valence-electron chi connectivity index (χ2n) is 7.18. The van der Waals surface area contributed by atoms with Gasteiger partial charge in [0.05, 0.1) is 18.4 Å². The van der Waals surface area contributed by atoms with Gasteiger partial charge in [-0.1, -0.05) is 6.07 Å². The van der Waals surface area contributed by atoms with Crippen molar-refractivity contribution < 1.29 is 4.74 Å². The minimum absolute atomic E-state index is 0.298. The van der Waals surface area contributed by atoms with Gasteiger partial charge in [0.15, 0.2) is 0 Å². The topological polar surface area (TPSA) is 51.1 Å². The van der Waals surface area contributed by atoms with Crippen molar-refractivity contribution in [1.29, 1.82) is 0 Å². The summed E-state index contributed by atoms with van der Waals surface area (Å²) in [6.45, 7) is 4.21. The lowest BCUT2D eigenvalue weighted by Crippen LogP contribution is -2.40. The first-order valence-corrected chi connectivity index (χ1v) is 8.79.